The molecule has 2 N–H and O–H groups in total. The van der Waals surface area contributed by atoms with Crippen LogP contribution in [0.15, 0.2) is 48.5 Å². The van der Waals surface area contributed by atoms with E-state index in [0.717, 1.165) is 0 Å². The van der Waals surface area contributed by atoms with Crippen molar-refractivity contribution >= 4 is 17.2 Å². The highest BCUT2D eigenvalue weighted by atomic mass is 16.6. The molecule has 0 saturated carbocycles. The Morgan fingerprint density at radius 3 is 2.36 bits per heavy atom. The topological polar surface area (TPSA) is 92.5 Å². The van der Waals surface area contributed by atoms with Crippen LogP contribution in [0.5, 0.6) is 0 Å². The lowest BCUT2D eigenvalue weighted by Gasteiger charge is -2.26. The average Bonchev–Trinajstić information content (AvgIpc) is 2.58. The summed E-state index contributed by atoms with van der Waals surface area (Å²) in [7, 11) is 0. The van der Waals surface area contributed by atoms with Gasteiger partial charge in [0.15, 0.2) is 5.78 Å². The number of carbonyl (C=O) groups is 1. The first kappa shape index (κ1) is 18.6. The van der Waals surface area contributed by atoms with Crippen LogP contribution in [0.4, 0.5) is 11.4 Å². The first-order chi connectivity index (χ1) is 11.7. The lowest BCUT2D eigenvalue weighted by molar-refractivity contribution is -0.384. The minimum Gasteiger partial charge on any atom is -0.391 e. The van der Waals surface area contributed by atoms with E-state index in [-0.39, 0.29) is 34.7 Å². The highest BCUT2D eigenvalue weighted by Gasteiger charge is 2.24. The van der Waals surface area contributed by atoms with Gasteiger partial charge in [0, 0.05) is 23.7 Å². The zero-order valence-corrected chi connectivity index (χ0v) is 14.5. The van der Waals surface area contributed by atoms with Gasteiger partial charge in [0.2, 0.25) is 0 Å². The second kappa shape index (κ2) is 7.44. The first-order valence-corrected chi connectivity index (χ1v) is 8.00. The Morgan fingerprint density at radius 2 is 1.80 bits per heavy atom. The minimum atomic E-state index is -0.669. The van der Waals surface area contributed by atoms with Gasteiger partial charge in [-0.05, 0) is 17.5 Å². The van der Waals surface area contributed by atoms with E-state index in [0.29, 0.717) is 5.56 Å². The van der Waals surface area contributed by atoms with Crippen molar-refractivity contribution in [2.75, 3.05) is 11.9 Å². The molecule has 0 aromatic heterocycles. The normalized spacial score (nSPS) is 12.5. The summed E-state index contributed by atoms with van der Waals surface area (Å²) >= 11 is 0. The zero-order valence-electron chi connectivity index (χ0n) is 14.5. The van der Waals surface area contributed by atoms with Crippen LogP contribution in [0.1, 0.15) is 36.7 Å². The van der Waals surface area contributed by atoms with Gasteiger partial charge >= 0.3 is 0 Å². The van der Waals surface area contributed by atoms with Crippen molar-refractivity contribution in [1.29, 1.82) is 0 Å². The molecule has 0 aliphatic heterocycles. The van der Waals surface area contributed by atoms with E-state index in [4.69, 9.17) is 0 Å². The summed E-state index contributed by atoms with van der Waals surface area (Å²) in [4.78, 5) is 23.3. The predicted octanol–water partition coefficient (Wildman–Crippen LogP) is 3.64. The van der Waals surface area contributed by atoms with Crippen molar-refractivity contribution in [2.24, 2.45) is 5.41 Å². The molecule has 0 fully saturated rings. The largest absolute Gasteiger partial charge is 0.391 e. The number of carbonyl (C=O) groups excluding carboxylic acids is 1. The van der Waals surface area contributed by atoms with E-state index < -0.39 is 11.0 Å². The Morgan fingerprint density at radius 1 is 1.16 bits per heavy atom. The van der Waals surface area contributed by atoms with Crippen LogP contribution in [0, 0.1) is 15.5 Å². The lowest BCUT2D eigenvalue weighted by Crippen LogP contribution is -2.33. The molecule has 2 aromatic rings. The number of nitro benzene ring substituents is 1. The van der Waals surface area contributed by atoms with E-state index in [1.165, 1.54) is 12.1 Å². The summed E-state index contributed by atoms with van der Waals surface area (Å²) in [5.41, 5.74) is 0.464. The number of hydrogen-bond donors (Lipinski definition) is 2. The van der Waals surface area contributed by atoms with Crippen molar-refractivity contribution in [3.05, 3.63) is 69.8 Å². The zero-order chi connectivity index (χ0) is 18.6. The molecule has 0 saturated heterocycles. The molecule has 0 heterocycles. The maximum Gasteiger partial charge on any atom is 0.293 e. The molecule has 25 heavy (non-hydrogen) atoms. The number of aliphatic hydroxyl groups excluding tert-OH is 1. The number of nitrogens with zero attached hydrogens (tertiary/aromatic N) is 1. The van der Waals surface area contributed by atoms with Crippen molar-refractivity contribution < 1.29 is 14.8 Å². The number of anilines is 1. The van der Waals surface area contributed by atoms with E-state index in [9.17, 15) is 20.0 Å². The van der Waals surface area contributed by atoms with Crippen LogP contribution in [0.2, 0.25) is 0 Å². The van der Waals surface area contributed by atoms with Crippen molar-refractivity contribution in [2.45, 2.75) is 26.9 Å². The molecule has 0 aliphatic carbocycles. The summed E-state index contributed by atoms with van der Waals surface area (Å²) in [5, 5.41) is 24.4. The lowest BCUT2D eigenvalue weighted by atomic mass is 9.89. The van der Waals surface area contributed by atoms with E-state index in [2.05, 4.69) is 5.32 Å². The molecule has 1 unspecified atom stereocenters. The fourth-order valence-corrected chi connectivity index (χ4v) is 2.24. The summed E-state index contributed by atoms with van der Waals surface area (Å²) in [5.74, 6) is -0.273. The van der Waals surface area contributed by atoms with Crippen LogP contribution in [0.25, 0.3) is 0 Å². The maximum absolute atomic E-state index is 12.4. The SMILES string of the molecule is CC(C)(C)C(O)CNc1ccc(C(=O)c2ccccc2)cc1[N+](=O)[O-]. The Bertz CT molecular complexity index is 767. The van der Waals surface area contributed by atoms with Gasteiger partial charge in [-0.2, -0.15) is 0 Å². The number of ketones is 1. The van der Waals surface area contributed by atoms with Crippen molar-refractivity contribution in [1.82, 2.24) is 0 Å². The van der Waals surface area contributed by atoms with Crippen LogP contribution in [-0.2, 0) is 0 Å². The second-order valence-corrected chi connectivity index (χ2v) is 6.95. The summed E-state index contributed by atoms with van der Waals surface area (Å²) in [6.45, 7) is 5.83. The second-order valence-electron chi connectivity index (χ2n) is 6.95. The van der Waals surface area contributed by atoms with Crippen LogP contribution in [0.3, 0.4) is 0 Å². The highest BCUT2D eigenvalue weighted by Crippen LogP contribution is 2.28. The van der Waals surface area contributed by atoms with Gasteiger partial charge < -0.3 is 10.4 Å². The van der Waals surface area contributed by atoms with Gasteiger partial charge in [-0.25, -0.2) is 0 Å². The molecule has 0 bridgehead atoms. The standard InChI is InChI=1S/C19H22N2O4/c1-19(2,3)17(22)12-20-15-10-9-14(11-16(15)21(24)25)18(23)13-7-5-4-6-8-13/h4-11,17,20,22H,12H2,1-3H3. The molecule has 0 amide bonds. The number of aliphatic hydroxyl groups is 1. The molecule has 132 valence electrons. The molecule has 6 heteroatoms. The van der Waals surface area contributed by atoms with Gasteiger partial charge in [0.1, 0.15) is 5.69 Å². The van der Waals surface area contributed by atoms with E-state index >= 15 is 0 Å². The Balaban J connectivity index is 2.26. The molecule has 6 nitrogen and oxygen atoms in total. The third kappa shape index (κ3) is 4.64. The smallest absolute Gasteiger partial charge is 0.293 e. The Labute approximate surface area is 146 Å². The van der Waals surface area contributed by atoms with Gasteiger partial charge in [-0.15, -0.1) is 0 Å². The first-order valence-electron chi connectivity index (χ1n) is 8.00. The number of benzene rings is 2. The highest BCUT2D eigenvalue weighted by molar-refractivity contribution is 6.09. The number of hydrogen-bond acceptors (Lipinski definition) is 5. The molecule has 2 aromatic carbocycles. The average molecular weight is 342 g/mol. The van der Waals surface area contributed by atoms with Crippen molar-refractivity contribution in [3.63, 3.8) is 0 Å². The monoisotopic (exact) mass is 342 g/mol. The van der Waals surface area contributed by atoms with Gasteiger partial charge in [0.05, 0.1) is 11.0 Å². The van der Waals surface area contributed by atoms with Crippen LogP contribution >= 0.6 is 0 Å². The number of nitro groups is 1. The molecule has 0 aliphatic rings. The fourth-order valence-electron chi connectivity index (χ4n) is 2.24. The summed E-state index contributed by atoms with van der Waals surface area (Å²) in [6, 6.07) is 12.9. The van der Waals surface area contributed by atoms with Gasteiger partial charge in [0.25, 0.3) is 5.69 Å². The number of rotatable bonds is 6. The number of nitrogens with one attached hydrogen (secondary N) is 1. The van der Waals surface area contributed by atoms with Crippen LogP contribution in [-0.4, -0.2) is 28.5 Å². The maximum atomic E-state index is 12.4. The van der Waals surface area contributed by atoms with Gasteiger partial charge in [-0.1, -0.05) is 51.1 Å². The third-order valence-electron chi connectivity index (χ3n) is 3.98. The Hall–Kier alpha value is -2.73. The summed E-state index contributed by atoms with van der Waals surface area (Å²) < 4.78 is 0. The van der Waals surface area contributed by atoms with E-state index in [1.807, 2.05) is 20.8 Å². The molecule has 0 spiro atoms. The minimum absolute atomic E-state index is 0.177. The quantitative estimate of drug-likeness (QED) is 0.475. The Kier molecular flexibility index (Phi) is 5.54. The molecule has 0 radical (unpaired) electrons. The predicted molar refractivity (Wildman–Crippen MR) is 96.9 cm³/mol. The molecule has 1 atom stereocenters. The van der Waals surface area contributed by atoms with Gasteiger partial charge in [-0.3, -0.25) is 14.9 Å². The molecule has 2 rings (SSSR count). The molecular formula is C19H22N2O4. The van der Waals surface area contributed by atoms with Crippen molar-refractivity contribution in [3.8, 4) is 0 Å². The summed E-state index contributed by atoms with van der Waals surface area (Å²) in [6.07, 6.45) is -0.669. The van der Waals surface area contributed by atoms with Crippen LogP contribution < -0.4 is 5.32 Å². The fraction of sp³-hybridized carbons (Fsp3) is 0.316. The third-order valence-corrected chi connectivity index (χ3v) is 3.98. The molecular weight excluding hydrogens is 320 g/mol. The van der Waals surface area contributed by atoms with E-state index in [1.54, 1.807) is 36.4 Å².